The molecule has 0 aromatic heterocycles. The average molecular weight is 401 g/mol. The van der Waals surface area contributed by atoms with Gasteiger partial charge in [0, 0.05) is 30.6 Å². The number of halogens is 4. The van der Waals surface area contributed by atoms with E-state index in [9.17, 15) is 9.18 Å². The second-order valence-electron chi connectivity index (χ2n) is 5.77. The maximum absolute atomic E-state index is 13.1. The van der Waals surface area contributed by atoms with Crippen LogP contribution in [0.25, 0.3) is 0 Å². The van der Waals surface area contributed by atoms with Gasteiger partial charge in [0.05, 0.1) is 0 Å². The van der Waals surface area contributed by atoms with Gasteiger partial charge in [0.25, 0.3) is 0 Å². The molecular formula is C16H25Cl3FN3O. The van der Waals surface area contributed by atoms with E-state index in [1.165, 1.54) is 12.1 Å². The number of carbonyl (C=O) groups is 1. The van der Waals surface area contributed by atoms with E-state index in [0.717, 1.165) is 31.5 Å². The summed E-state index contributed by atoms with van der Waals surface area (Å²) in [5.41, 5.74) is 6.33. The molecule has 0 radical (unpaired) electrons. The Morgan fingerprint density at radius 2 is 2.17 bits per heavy atom. The normalized spacial score (nSPS) is 17.5. The van der Waals surface area contributed by atoms with E-state index in [0.29, 0.717) is 31.0 Å². The van der Waals surface area contributed by atoms with Gasteiger partial charge < -0.3 is 11.1 Å². The van der Waals surface area contributed by atoms with Crippen molar-refractivity contribution in [1.29, 1.82) is 0 Å². The van der Waals surface area contributed by atoms with E-state index >= 15 is 0 Å². The third-order valence-corrected chi connectivity index (χ3v) is 4.24. The molecule has 2 rings (SSSR count). The summed E-state index contributed by atoms with van der Waals surface area (Å²) >= 11 is 6.08. The minimum Gasteiger partial charge on any atom is -0.352 e. The number of nitrogens with one attached hydrogen (secondary N) is 1. The molecule has 1 atom stereocenters. The SMILES string of the molecule is Cl.Cl.NCCCC(=O)NC1CCCN(Cc2ccc(F)cc2Cl)C1. The molecule has 1 aromatic carbocycles. The third-order valence-electron chi connectivity index (χ3n) is 3.89. The first-order valence-corrected chi connectivity index (χ1v) is 8.12. The Bertz CT molecular complexity index is 519. The number of benzene rings is 1. The molecule has 1 aromatic rings. The highest BCUT2D eigenvalue weighted by atomic mass is 35.5. The van der Waals surface area contributed by atoms with Gasteiger partial charge in [0.2, 0.25) is 5.91 Å². The molecular weight excluding hydrogens is 376 g/mol. The van der Waals surface area contributed by atoms with Crippen LogP contribution < -0.4 is 11.1 Å². The molecule has 3 N–H and O–H groups in total. The van der Waals surface area contributed by atoms with Gasteiger partial charge >= 0.3 is 0 Å². The Morgan fingerprint density at radius 3 is 2.83 bits per heavy atom. The Morgan fingerprint density at radius 1 is 1.42 bits per heavy atom. The summed E-state index contributed by atoms with van der Waals surface area (Å²) < 4.78 is 13.1. The number of piperidine rings is 1. The minimum absolute atomic E-state index is 0. The monoisotopic (exact) mass is 399 g/mol. The molecule has 1 aliphatic heterocycles. The van der Waals surface area contributed by atoms with E-state index in [1.54, 1.807) is 6.07 Å². The maximum Gasteiger partial charge on any atom is 0.220 e. The lowest BCUT2D eigenvalue weighted by atomic mass is 10.0. The first kappa shape index (κ1) is 23.4. The smallest absolute Gasteiger partial charge is 0.220 e. The molecule has 1 unspecified atom stereocenters. The molecule has 24 heavy (non-hydrogen) atoms. The van der Waals surface area contributed by atoms with Crippen LogP contribution in [-0.4, -0.2) is 36.5 Å². The van der Waals surface area contributed by atoms with Crippen molar-refractivity contribution in [3.05, 3.63) is 34.6 Å². The molecule has 8 heteroatoms. The summed E-state index contributed by atoms with van der Waals surface area (Å²) in [6.45, 7) is 2.96. The lowest BCUT2D eigenvalue weighted by molar-refractivity contribution is -0.122. The fourth-order valence-corrected chi connectivity index (χ4v) is 3.00. The highest BCUT2D eigenvalue weighted by Gasteiger charge is 2.21. The second-order valence-corrected chi connectivity index (χ2v) is 6.18. The first-order chi connectivity index (χ1) is 10.6. The van der Waals surface area contributed by atoms with Gasteiger partial charge in [-0.2, -0.15) is 0 Å². The molecule has 0 aliphatic carbocycles. The molecule has 1 saturated heterocycles. The zero-order chi connectivity index (χ0) is 15.9. The van der Waals surface area contributed by atoms with Crippen LogP contribution in [-0.2, 0) is 11.3 Å². The maximum atomic E-state index is 13.1. The van der Waals surface area contributed by atoms with Gasteiger partial charge in [-0.1, -0.05) is 17.7 Å². The molecule has 138 valence electrons. The Hall–Kier alpha value is -0.590. The highest BCUT2D eigenvalue weighted by Crippen LogP contribution is 2.21. The van der Waals surface area contributed by atoms with E-state index in [2.05, 4.69) is 10.2 Å². The molecule has 0 spiro atoms. The number of hydrogen-bond acceptors (Lipinski definition) is 3. The zero-order valence-corrected chi connectivity index (χ0v) is 15.9. The number of rotatable bonds is 6. The molecule has 1 amide bonds. The summed E-state index contributed by atoms with van der Waals surface area (Å²) in [6.07, 6.45) is 3.22. The fourth-order valence-electron chi connectivity index (χ4n) is 2.77. The van der Waals surface area contributed by atoms with Crippen LogP contribution in [0.1, 0.15) is 31.2 Å². The molecule has 1 heterocycles. The Labute approximate surface area is 160 Å². The van der Waals surface area contributed by atoms with Gasteiger partial charge in [-0.15, -0.1) is 24.8 Å². The minimum atomic E-state index is -0.322. The second kappa shape index (κ2) is 11.9. The predicted octanol–water partition coefficient (Wildman–Crippen LogP) is 3.14. The molecule has 1 aliphatic rings. The van der Waals surface area contributed by atoms with Crippen LogP contribution >= 0.6 is 36.4 Å². The van der Waals surface area contributed by atoms with Crippen molar-refractivity contribution >= 4 is 42.3 Å². The molecule has 0 saturated carbocycles. The van der Waals surface area contributed by atoms with E-state index in [4.69, 9.17) is 17.3 Å². The van der Waals surface area contributed by atoms with Crippen molar-refractivity contribution in [3.8, 4) is 0 Å². The van der Waals surface area contributed by atoms with Crippen LogP contribution in [0.15, 0.2) is 18.2 Å². The summed E-state index contributed by atoms with van der Waals surface area (Å²) in [5.74, 6) is -0.255. The Kier molecular flexibility index (Phi) is 11.6. The number of amides is 1. The summed E-state index contributed by atoms with van der Waals surface area (Å²) in [7, 11) is 0. The highest BCUT2D eigenvalue weighted by molar-refractivity contribution is 6.31. The quantitative estimate of drug-likeness (QED) is 0.771. The summed E-state index contributed by atoms with van der Waals surface area (Å²) in [5, 5.41) is 3.52. The Balaban J connectivity index is 0.00000264. The fraction of sp³-hybridized carbons (Fsp3) is 0.562. The van der Waals surface area contributed by atoms with Crippen molar-refractivity contribution in [1.82, 2.24) is 10.2 Å². The lowest BCUT2D eigenvalue weighted by Crippen LogP contribution is -2.47. The zero-order valence-electron chi connectivity index (χ0n) is 13.5. The number of hydrogen-bond donors (Lipinski definition) is 2. The van der Waals surface area contributed by atoms with Crippen LogP contribution in [0.2, 0.25) is 5.02 Å². The number of likely N-dealkylation sites (tertiary alicyclic amines) is 1. The lowest BCUT2D eigenvalue weighted by Gasteiger charge is -2.33. The average Bonchev–Trinajstić information content (AvgIpc) is 2.48. The first-order valence-electron chi connectivity index (χ1n) is 7.74. The summed E-state index contributed by atoms with van der Waals surface area (Å²) in [4.78, 5) is 14.0. The van der Waals surface area contributed by atoms with E-state index in [-0.39, 0.29) is 42.6 Å². The van der Waals surface area contributed by atoms with Gasteiger partial charge in [-0.05, 0) is 50.0 Å². The third kappa shape index (κ3) is 7.53. The van der Waals surface area contributed by atoms with Crippen molar-refractivity contribution in [3.63, 3.8) is 0 Å². The van der Waals surface area contributed by atoms with Crippen LogP contribution in [0, 0.1) is 5.82 Å². The van der Waals surface area contributed by atoms with Crippen molar-refractivity contribution in [2.75, 3.05) is 19.6 Å². The van der Waals surface area contributed by atoms with Gasteiger partial charge in [0.15, 0.2) is 0 Å². The number of nitrogens with two attached hydrogens (primary N) is 1. The van der Waals surface area contributed by atoms with Crippen molar-refractivity contribution < 1.29 is 9.18 Å². The largest absolute Gasteiger partial charge is 0.352 e. The number of nitrogens with zero attached hydrogens (tertiary/aromatic N) is 1. The molecule has 0 bridgehead atoms. The molecule has 1 fully saturated rings. The van der Waals surface area contributed by atoms with Crippen molar-refractivity contribution in [2.24, 2.45) is 5.73 Å². The summed E-state index contributed by atoms with van der Waals surface area (Å²) in [6, 6.07) is 4.66. The van der Waals surface area contributed by atoms with Crippen LogP contribution in [0.5, 0.6) is 0 Å². The van der Waals surface area contributed by atoms with Crippen molar-refractivity contribution in [2.45, 2.75) is 38.3 Å². The van der Waals surface area contributed by atoms with E-state index < -0.39 is 0 Å². The predicted molar refractivity (Wildman–Crippen MR) is 101 cm³/mol. The van der Waals surface area contributed by atoms with Crippen LogP contribution in [0.3, 0.4) is 0 Å². The van der Waals surface area contributed by atoms with Crippen LogP contribution in [0.4, 0.5) is 4.39 Å². The van der Waals surface area contributed by atoms with Gasteiger partial charge in [-0.3, -0.25) is 9.69 Å². The van der Waals surface area contributed by atoms with E-state index in [1.807, 2.05) is 0 Å². The number of carbonyl (C=O) groups excluding carboxylic acids is 1. The van der Waals surface area contributed by atoms with Gasteiger partial charge in [-0.25, -0.2) is 4.39 Å². The molecule has 4 nitrogen and oxygen atoms in total. The topological polar surface area (TPSA) is 58.4 Å². The van der Waals surface area contributed by atoms with Gasteiger partial charge in [0.1, 0.15) is 5.82 Å². The standard InChI is InChI=1S/C16H23ClFN3O.2ClH/c17-15-9-13(18)6-5-12(15)10-21-8-2-3-14(11-21)20-16(22)4-1-7-19;;/h5-6,9,14H,1-4,7-8,10-11,19H2,(H,20,22);2*1H.